The van der Waals surface area contributed by atoms with Crippen LogP contribution in [0.3, 0.4) is 0 Å². The lowest BCUT2D eigenvalue weighted by atomic mass is 9.96. The van der Waals surface area contributed by atoms with E-state index in [0.29, 0.717) is 22.6 Å². The summed E-state index contributed by atoms with van der Waals surface area (Å²) in [5, 5.41) is 26.7. The first-order valence-corrected chi connectivity index (χ1v) is 7.94. The highest BCUT2D eigenvalue weighted by Gasteiger charge is 2.46. The van der Waals surface area contributed by atoms with Crippen LogP contribution in [0.15, 0.2) is 59.7 Å². The minimum atomic E-state index is -1.64. The summed E-state index contributed by atoms with van der Waals surface area (Å²) in [6, 6.07) is 15.4. The zero-order valence-electron chi connectivity index (χ0n) is 14.1. The number of hydrogen-bond acceptors (Lipinski definition) is 5. The Labute approximate surface area is 146 Å². The Hall–Kier alpha value is -2.70. The van der Waals surface area contributed by atoms with Crippen molar-refractivity contribution in [1.82, 2.24) is 5.01 Å². The van der Waals surface area contributed by atoms with Gasteiger partial charge in [0.15, 0.2) is 11.8 Å². The maximum absolute atomic E-state index is 12.8. The third-order valence-corrected chi connectivity index (χ3v) is 4.23. The molecule has 1 aliphatic heterocycles. The van der Waals surface area contributed by atoms with E-state index >= 15 is 0 Å². The number of benzene rings is 2. The second-order valence-corrected chi connectivity index (χ2v) is 6.02. The summed E-state index contributed by atoms with van der Waals surface area (Å²) < 4.78 is 5.13. The molecular formula is C19H20N2O4. The van der Waals surface area contributed by atoms with Gasteiger partial charge in [0.1, 0.15) is 5.75 Å². The number of carbonyl (C=O) groups is 1. The molecule has 0 unspecified atom stereocenters. The lowest BCUT2D eigenvalue weighted by Gasteiger charge is -2.32. The summed E-state index contributed by atoms with van der Waals surface area (Å²) in [6.45, 7) is 1.73. The average molecular weight is 340 g/mol. The number of aliphatic hydroxyl groups excluding tert-OH is 1. The van der Waals surface area contributed by atoms with Gasteiger partial charge in [-0.1, -0.05) is 42.5 Å². The van der Waals surface area contributed by atoms with E-state index in [4.69, 9.17) is 4.74 Å². The molecule has 1 aliphatic rings. The number of nitrogens with zero attached hydrogens (tertiary/aromatic N) is 2. The molecule has 2 atom stereocenters. The molecule has 3 rings (SSSR count). The van der Waals surface area contributed by atoms with E-state index in [0.717, 1.165) is 5.01 Å². The Balaban J connectivity index is 1.93. The van der Waals surface area contributed by atoms with Gasteiger partial charge in [-0.05, 0) is 24.6 Å². The van der Waals surface area contributed by atoms with Crippen LogP contribution in [0.4, 0.5) is 0 Å². The van der Waals surface area contributed by atoms with E-state index in [2.05, 4.69) is 5.10 Å². The highest BCUT2D eigenvalue weighted by atomic mass is 16.5. The molecule has 0 radical (unpaired) electrons. The van der Waals surface area contributed by atoms with Crippen molar-refractivity contribution in [3.63, 3.8) is 0 Å². The van der Waals surface area contributed by atoms with Gasteiger partial charge < -0.3 is 14.9 Å². The zero-order valence-corrected chi connectivity index (χ0v) is 14.1. The maximum Gasteiger partial charge on any atom is 0.279 e. The SMILES string of the molecule is COc1ccc([C@]2(O)CC(C)=NN2C(=O)[C@H](O)c2ccccc2)cc1. The molecule has 0 bridgehead atoms. The molecule has 0 aromatic heterocycles. The van der Waals surface area contributed by atoms with Gasteiger partial charge in [-0.2, -0.15) is 10.1 Å². The van der Waals surface area contributed by atoms with Crippen molar-refractivity contribution < 1.29 is 19.7 Å². The van der Waals surface area contributed by atoms with Crippen molar-refractivity contribution in [1.29, 1.82) is 0 Å². The third-order valence-electron chi connectivity index (χ3n) is 4.23. The molecular weight excluding hydrogens is 320 g/mol. The quantitative estimate of drug-likeness (QED) is 0.894. The smallest absolute Gasteiger partial charge is 0.279 e. The van der Waals surface area contributed by atoms with E-state index in [1.165, 1.54) is 0 Å². The van der Waals surface area contributed by atoms with Gasteiger partial charge in [0.25, 0.3) is 5.91 Å². The largest absolute Gasteiger partial charge is 0.497 e. The predicted octanol–water partition coefficient (Wildman–Crippen LogP) is 2.18. The monoisotopic (exact) mass is 340 g/mol. The lowest BCUT2D eigenvalue weighted by molar-refractivity contribution is -0.167. The second-order valence-electron chi connectivity index (χ2n) is 6.02. The van der Waals surface area contributed by atoms with E-state index in [1.54, 1.807) is 68.6 Å². The number of aliphatic hydroxyl groups is 2. The molecule has 6 nitrogen and oxygen atoms in total. The van der Waals surface area contributed by atoms with Crippen LogP contribution < -0.4 is 4.74 Å². The fraction of sp³-hybridized carbons (Fsp3) is 0.263. The molecule has 2 aromatic rings. The van der Waals surface area contributed by atoms with Crippen molar-refractivity contribution in [3.05, 3.63) is 65.7 Å². The van der Waals surface area contributed by atoms with Gasteiger partial charge >= 0.3 is 0 Å². The van der Waals surface area contributed by atoms with E-state index in [-0.39, 0.29) is 6.42 Å². The Bertz CT molecular complexity index is 789. The van der Waals surface area contributed by atoms with Gasteiger partial charge in [-0.15, -0.1) is 0 Å². The maximum atomic E-state index is 12.8. The summed E-state index contributed by atoms with van der Waals surface area (Å²) in [5.74, 6) is -0.0356. The van der Waals surface area contributed by atoms with Gasteiger partial charge in [-0.3, -0.25) is 4.79 Å². The van der Waals surface area contributed by atoms with E-state index in [1.807, 2.05) is 0 Å². The first-order valence-electron chi connectivity index (χ1n) is 7.94. The molecule has 6 heteroatoms. The van der Waals surface area contributed by atoms with E-state index < -0.39 is 17.7 Å². The normalized spacial score (nSPS) is 21.0. The molecule has 0 fully saturated rings. The van der Waals surface area contributed by atoms with Gasteiger partial charge in [0.05, 0.1) is 7.11 Å². The van der Waals surface area contributed by atoms with Crippen LogP contribution in [0.25, 0.3) is 0 Å². The van der Waals surface area contributed by atoms with Crippen LogP contribution in [0.1, 0.15) is 30.6 Å². The van der Waals surface area contributed by atoms with Crippen LogP contribution >= 0.6 is 0 Å². The molecule has 2 aromatic carbocycles. The number of carbonyl (C=O) groups excluding carboxylic acids is 1. The fourth-order valence-electron chi connectivity index (χ4n) is 2.93. The summed E-state index contributed by atoms with van der Waals surface area (Å²) in [7, 11) is 1.55. The number of hydrazone groups is 1. The molecule has 130 valence electrons. The van der Waals surface area contributed by atoms with Gasteiger partial charge in [-0.25, -0.2) is 0 Å². The molecule has 0 saturated carbocycles. The fourth-order valence-corrected chi connectivity index (χ4v) is 2.93. The first kappa shape index (κ1) is 17.1. The Morgan fingerprint density at radius 3 is 2.44 bits per heavy atom. The van der Waals surface area contributed by atoms with Crippen molar-refractivity contribution in [3.8, 4) is 5.75 Å². The average Bonchev–Trinajstić information content (AvgIpc) is 2.96. The van der Waals surface area contributed by atoms with Crippen molar-refractivity contribution in [2.24, 2.45) is 5.10 Å². The van der Waals surface area contributed by atoms with Crippen LogP contribution in [0.5, 0.6) is 5.75 Å². The lowest BCUT2D eigenvalue weighted by Crippen LogP contribution is -2.45. The summed E-state index contributed by atoms with van der Waals surface area (Å²) in [6.07, 6.45) is -1.23. The highest BCUT2D eigenvalue weighted by molar-refractivity contribution is 5.91. The van der Waals surface area contributed by atoms with Crippen molar-refractivity contribution in [2.75, 3.05) is 7.11 Å². The highest BCUT2D eigenvalue weighted by Crippen LogP contribution is 2.37. The van der Waals surface area contributed by atoms with Gasteiger partial charge in [0.2, 0.25) is 0 Å². The first-order chi connectivity index (χ1) is 12.0. The molecule has 0 spiro atoms. The Kier molecular flexibility index (Phi) is 4.57. The number of ether oxygens (including phenoxy) is 1. The number of methoxy groups -OCH3 is 1. The van der Waals surface area contributed by atoms with Crippen molar-refractivity contribution in [2.45, 2.75) is 25.2 Å². The molecule has 1 amide bonds. The summed E-state index contributed by atoms with van der Waals surface area (Å²) >= 11 is 0. The Morgan fingerprint density at radius 1 is 1.20 bits per heavy atom. The number of rotatable bonds is 4. The van der Waals surface area contributed by atoms with Crippen LogP contribution in [0, 0.1) is 0 Å². The molecule has 2 N–H and O–H groups in total. The Morgan fingerprint density at radius 2 is 1.84 bits per heavy atom. The predicted molar refractivity (Wildman–Crippen MR) is 92.9 cm³/mol. The number of hydrogen-bond donors (Lipinski definition) is 2. The topological polar surface area (TPSA) is 82.4 Å². The second kappa shape index (κ2) is 6.66. The molecule has 0 aliphatic carbocycles. The molecule has 0 saturated heterocycles. The zero-order chi connectivity index (χ0) is 18.0. The molecule has 1 heterocycles. The minimum Gasteiger partial charge on any atom is -0.497 e. The summed E-state index contributed by atoms with van der Waals surface area (Å²) in [4.78, 5) is 12.8. The van der Waals surface area contributed by atoms with Crippen LogP contribution in [-0.2, 0) is 10.5 Å². The summed E-state index contributed by atoms with van der Waals surface area (Å²) in [5.41, 5.74) is -0.0813. The van der Waals surface area contributed by atoms with Gasteiger partial charge in [0, 0.05) is 17.7 Å². The standard InChI is InChI=1S/C19H20N2O4/c1-13-12-19(24,15-8-10-16(25-2)11-9-15)21(20-13)18(23)17(22)14-6-4-3-5-7-14/h3-11,17,22,24H,12H2,1-2H3/t17-,19-/m1/s1. The van der Waals surface area contributed by atoms with E-state index in [9.17, 15) is 15.0 Å². The minimum absolute atomic E-state index is 0.173. The van der Waals surface area contributed by atoms with Crippen LogP contribution in [0.2, 0.25) is 0 Å². The molecule has 25 heavy (non-hydrogen) atoms. The van der Waals surface area contributed by atoms with Crippen molar-refractivity contribution >= 4 is 11.6 Å². The van der Waals surface area contributed by atoms with Crippen LogP contribution in [-0.4, -0.2) is 34.0 Å². The third kappa shape index (κ3) is 3.14. The number of amides is 1.